The first kappa shape index (κ1) is 28.3. The van der Waals surface area contributed by atoms with Gasteiger partial charge in [-0.05, 0) is 41.8 Å². The number of nitrogens with zero attached hydrogens (tertiary/aromatic N) is 1. The highest BCUT2D eigenvalue weighted by atomic mass is 35.5. The van der Waals surface area contributed by atoms with E-state index in [1.54, 1.807) is 24.3 Å². The van der Waals surface area contributed by atoms with Gasteiger partial charge in [-0.15, -0.1) is 11.6 Å². The van der Waals surface area contributed by atoms with Crippen LogP contribution in [0.3, 0.4) is 0 Å². The summed E-state index contributed by atoms with van der Waals surface area (Å²) in [7, 11) is -4.09. The number of sulfonamides is 1. The fourth-order valence-electron chi connectivity index (χ4n) is 3.58. The number of Topliss-reactive ketones (excluding diaryl/α,β-unsaturated/α-hetero) is 1. The number of hydrogen-bond acceptors (Lipinski definition) is 7. The number of ketones is 1. The van der Waals surface area contributed by atoms with Crippen molar-refractivity contribution in [1.82, 2.24) is 4.31 Å². The van der Waals surface area contributed by atoms with Crippen LogP contribution in [0.4, 0.5) is 4.79 Å². The number of amides is 1. The first-order chi connectivity index (χ1) is 17.0. The van der Waals surface area contributed by atoms with Gasteiger partial charge < -0.3 is 19.3 Å². The van der Waals surface area contributed by atoms with Crippen LogP contribution in [0.1, 0.15) is 17.5 Å². The van der Waals surface area contributed by atoms with Crippen LogP contribution in [0.5, 0.6) is 11.5 Å². The third-order valence-electron chi connectivity index (χ3n) is 5.51. The van der Waals surface area contributed by atoms with E-state index in [-0.39, 0.29) is 4.31 Å². The second kappa shape index (κ2) is 11.9. The molecule has 36 heavy (non-hydrogen) atoms. The number of carbonyl (C=O) groups is 2. The van der Waals surface area contributed by atoms with Crippen LogP contribution in [0.15, 0.2) is 36.4 Å². The lowest BCUT2D eigenvalue weighted by molar-refractivity contribution is -0.121. The summed E-state index contributed by atoms with van der Waals surface area (Å²) in [5, 5.41) is 9.74. The lowest BCUT2D eigenvalue weighted by Crippen LogP contribution is -2.47. The molecule has 2 aromatic rings. The molecule has 1 N–H and O–H groups in total. The molecular weight excluding hydrogens is 557 g/mol. The fourth-order valence-corrected chi connectivity index (χ4v) is 4.94. The minimum atomic E-state index is -4.09. The molecule has 0 aromatic heterocycles. The van der Waals surface area contributed by atoms with Crippen LogP contribution >= 0.6 is 34.8 Å². The number of rotatable bonds is 12. The molecule has 1 aliphatic heterocycles. The van der Waals surface area contributed by atoms with Crippen molar-refractivity contribution in [3.8, 4) is 11.5 Å². The maximum Gasteiger partial charge on any atom is 0.421 e. The highest BCUT2D eigenvalue weighted by molar-refractivity contribution is 7.88. The van der Waals surface area contributed by atoms with E-state index >= 15 is 0 Å². The minimum Gasteiger partial charge on any atom is -0.490 e. The molecule has 0 radical (unpaired) electrons. The van der Waals surface area contributed by atoms with E-state index in [4.69, 9.17) is 54.1 Å². The summed E-state index contributed by atoms with van der Waals surface area (Å²) in [6.07, 6.45) is -0.377. The molecule has 1 amide bonds. The molecule has 0 unspecified atom stereocenters. The summed E-state index contributed by atoms with van der Waals surface area (Å²) >= 11 is 18.6. The third kappa shape index (κ3) is 6.54. The Balaban J connectivity index is 1.71. The minimum absolute atomic E-state index is 0.0621. The summed E-state index contributed by atoms with van der Waals surface area (Å²) in [6, 6.07) is 10.5. The Morgan fingerprint density at radius 1 is 1.08 bits per heavy atom. The zero-order valence-corrected chi connectivity index (χ0v) is 22.3. The van der Waals surface area contributed by atoms with Gasteiger partial charge in [0.15, 0.2) is 11.5 Å². The van der Waals surface area contributed by atoms with Crippen LogP contribution in [0, 0.1) is 0 Å². The number of alkyl halides is 1. The van der Waals surface area contributed by atoms with Gasteiger partial charge in [0.05, 0.1) is 41.5 Å². The van der Waals surface area contributed by atoms with E-state index in [1.165, 1.54) is 0 Å². The van der Waals surface area contributed by atoms with Gasteiger partial charge in [0.2, 0.25) is 10.0 Å². The first-order valence-electron chi connectivity index (χ1n) is 10.7. The molecule has 1 fully saturated rings. The van der Waals surface area contributed by atoms with E-state index in [1.807, 2.05) is 12.1 Å². The predicted octanol–water partition coefficient (Wildman–Crippen LogP) is 4.20. The van der Waals surface area contributed by atoms with E-state index in [9.17, 15) is 18.0 Å². The zero-order chi connectivity index (χ0) is 26.5. The van der Waals surface area contributed by atoms with Crippen molar-refractivity contribution in [3.63, 3.8) is 0 Å². The first-order valence-corrected chi connectivity index (χ1v) is 13.8. The van der Waals surface area contributed by atoms with Crippen LogP contribution in [0.2, 0.25) is 10.0 Å². The Kier molecular flexibility index (Phi) is 9.34. The van der Waals surface area contributed by atoms with Crippen LogP contribution < -0.4 is 9.47 Å². The van der Waals surface area contributed by atoms with E-state index in [0.717, 1.165) is 11.1 Å². The molecule has 0 atom stereocenters. The number of halogens is 3. The highest BCUT2D eigenvalue weighted by Crippen LogP contribution is 2.44. The summed E-state index contributed by atoms with van der Waals surface area (Å²) < 4.78 is 39.7. The Labute approximate surface area is 223 Å². The van der Waals surface area contributed by atoms with E-state index in [0.29, 0.717) is 59.9 Å². The van der Waals surface area contributed by atoms with Gasteiger partial charge in [-0.1, -0.05) is 35.3 Å². The van der Waals surface area contributed by atoms with Crippen LogP contribution in [-0.4, -0.2) is 74.8 Å². The number of ether oxygens (including phenoxy) is 3. The molecule has 1 heterocycles. The van der Waals surface area contributed by atoms with Crippen LogP contribution in [-0.2, 0) is 25.0 Å². The van der Waals surface area contributed by atoms with Crippen molar-refractivity contribution in [2.45, 2.75) is 11.8 Å². The SMILES string of the molecule is CS(=O)(=O)N(CC(=O)COc1ccc(C2(c3cc(Cl)c(OCCCCl)c(Cl)c3)COC2)cc1)C(=O)O. The Morgan fingerprint density at radius 2 is 1.69 bits per heavy atom. The molecular formula is C23H24Cl3NO8S. The number of benzene rings is 2. The van der Waals surface area contributed by atoms with Crippen molar-refractivity contribution in [1.29, 1.82) is 0 Å². The lowest BCUT2D eigenvalue weighted by atomic mass is 9.73. The molecule has 0 aliphatic carbocycles. The Bertz CT molecular complexity index is 1190. The molecule has 13 heteroatoms. The summed E-state index contributed by atoms with van der Waals surface area (Å²) in [5.41, 5.74) is 1.27. The topological polar surface area (TPSA) is 119 Å². The average Bonchev–Trinajstić information content (AvgIpc) is 2.77. The molecule has 0 saturated carbocycles. The van der Waals surface area contributed by atoms with Gasteiger partial charge >= 0.3 is 6.09 Å². The molecule has 1 aliphatic rings. The smallest absolute Gasteiger partial charge is 0.421 e. The van der Waals surface area contributed by atoms with Crippen LogP contribution in [0.25, 0.3) is 0 Å². The van der Waals surface area contributed by atoms with Gasteiger partial charge in [-0.3, -0.25) is 4.79 Å². The maximum atomic E-state index is 12.1. The van der Waals surface area contributed by atoms with E-state index < -0.39 is 40.5 Å². The molecule has 9 nitrogen and oxygen atoms in total. The standard InChI is InChI=1S/C23H24Cl3NO8S/c1-36(31,32)27(22(29)30)11-17(28)12-35-18-5-3-15(4-6-18)23(13-33-14-23)16-9-19(25)21(20(26)10-16)34-8-2-7-24/h3-6,9-10H,2,7-8,11-14H2,1H3,(H,29,30). The maximum absolute atomic E-state index is 12.1. The average molecular weight is 581 g/mol. The number of carboxylic acid groups (broad SMARTS) is 1. The summed E-state index contributed by atoms with van der Waals surface area (Å²) in [6.45, 7) is -0.130. The van der Waals surface area contributed by atoms with Gasteiger partial charge in [-0.25, -0.2) is 13.2 Å². The van der Waals surface area contributed by atoms with Gasteiger partial charge in [-0.2, -0.15) is 4.31 Å². The fraction of sp³-hybridized carbons (Fsp3) is 0.391. The van der Waals surface area contributed by atoms with E-state index in [2.05, 4.69) is 0 Å². The summed E-state index contributed by atoms with van der Waals surface area (Å²) in [5.74, 6) is 0.493. The number of hydrogen-bond donors (Lipinski definition) is 1. The quantitative estimate of drug-likeness (QED) is 0.293. The van der Waals surface area contributed by atoms with Crippen molar-refractivity contribution >= 4 is 56.7 Å². The normalized spacial score (nSPS) is 14.6. The molecule has 2 aromatic carbocycles. The largest absolute Gasteiger partial charge is 0.490 e. The molecule has 0 spiro atoms. The molecule has 3 rings (SSSR count). The van der Waals surface area contributed by atoms with Crippen molar-refractivity contribution in [2.75, 3.05) is 45.1 Å². The summed E-state index contributed by atoms with van der Waals surface area (Å²) in [4.78, 5) is 23.1. The number of carbonyl (C=O) groups excluding carboxylic acids is 1. The second-order valence-electron chi connectivity index (χ2n) is 8.14. The van der Waals surface area contributed by atoms with Crippen molar-refractivity contribution < 1.29 is 37.3 Å². The molecule has 0 bridgehead atoms. The predicted molar refractivity (Wildman–Crippen MR) is 135 cm³/mol. The molecule has 196 valence electrons. The Hall–Kier alpha value is -2.24. The highest BCUT2D eigenvalue weighted by Gasteiger charge is 2.43. The third-order valence-corrected chi connectivity index (χ3v) is 7.43. The molecule has 1 saturated heterocycles. The van der Waals surface area contributed by atoms with Gasteiger partial charge in [0.1, 0.15) is 18.9 Å². The van der Waals surface area contributed by atoms with Gasteiger partial charge in [0.25, 0.3) is 0 Å². The van der Waals surface area contributed by atoms with Gasteiger partial charge in [0, 0.05) is 5.88 Å². The monoisotopic (exact) mass is 579 g/mol. The second-order valence-corrected chi connectivity index (χ2v) is 11.2. The van der Waals surface area contributed by atoms with Crippen molar-refractivity contribution in [2.24, 2.45) is 0 Å². The Morgan fingerprint density at radius 3 is 2.17 bits per heavy atom. The zero-order valence-electron chi connectivity index (χ0n) is 19.2. The van der Waals surface area contributed by atoms with Crippen molar-refractivity contribution in [3.05, 3.63) is 57.6 Å². The lowest BCUT2D eigenvalue weighted by Gasteiger charge is -2.42.